The Hall–Kier alpha value is -3.32. The van der Waals surface area contributed by atoms with Gasteiger partial charge in [-0.2, -0.15) is 0 Å². The summed E-state index contributed by atoms with van der Waals surface area (Å²) < 4.78 is 0. The van der Waals surface area contributed by atoms with E-state index in [-0.39, 0.29) is 36.1 Å². The van der Waals surface area contributed by atoms with Crippen molar-refractivity contribution in [1.29, 1.82) is 0 Å². The molecule has 3 amide bonds. The normalized spacial score (nSPS) is 20.1. The van der Waals surface area contributed by atoms with Gasteiger partial charge >= 0.3 is 0 Å². The maximum absolute atomic E-state index is 13.2. The number of thiazole rings is 1. The third-order valence-corrected chi connectivity index (χ3v) is 7.38. The molecule has 0 bridgehead atoms. The number of carbonyl (C=O) groups is 3. The first-order chi connectivity index (χ1) is 16.0. The van der Waals surface area contributed by atoms with Gasteiger partial charge in [0.15, 0.2) is 0 Å². The van der Waals surface area contributed by atoms with Crippen molar-refractivity contribution in [2.24, 2.45) is 11.8 Å². The number of imide groups is 1. The first kappa shape index (κ1) is 21.5. The van der Waals surface area contributed by atoms with Gasteiger partial charge in [0.2, 0.25) is 5.91 Å². The van der Waals surface area contributed by atoms with Gasteiger partial charge in [0, 0.05) is 29.1 Å². The molecule has 1 aromatic heterocycles. The summed E-state index contributed by atoms with van der Waals surface area (Å²) >= 11 is 1.61. The second-order valence-corrected chi connectivity index (χ2v) is 9.80. The minimum Gasteiger partial charge on any atom is -0.326 e. The highest BCUT2D eigenvalue weighted by Gasteiger charge is 2.40. The number of aromatic nitrogens is 1. The van der Waals surface area contributed by atoms with Gasteiger partial charge in [0.25, 0.3) is 11.8 Å². The first-order valence-corrected chi connectivity index (χ1v) is 12.2. The summed E-state index contributed by atoms with van der Waals surface area (Å²) in [5.41, 5.74) is 3.59. The SMILES string of the molecule is Cc1nc(-c2ccc(NC(=O)C3CCCCC3CN3C(=O)c4ccccc4C3=O)cc2)cs1. The van der Waals surface area contributed by atoms with Crippen molar-refractivity contribution < 1.29 is 14.4 Å². The fourth-order valence-corrected chi connectivity index (χ4v) is 5.49. The highest BCUT2D eigenvalue weighted by molar-refractivity contribution is 7.09. The van der Waals surface area contributed by atoms with Gasteiger partial charge in [0.05, 0.1) is 21.8 Å². The van der Waals surface area contributed by atoms with Crippen LogP contribution in [0.3, 0.4) is 0 Å². The third-order valence-electron chi connectivity index (χ3n) is 6.61. The van der Waals surface area contributed by atoms with Gasteiger partial charge in [-0.1, -0.05) is 37.1 Å². The van der Waals surface area contributed by atoms with E-state index in [0.717, 1.165) is 47.6 Å². The average Bonchev–Trinajstić information content (AvgIpc) is 3.37. The number of carbonyl (C=O) groups excluding carboxylic acids is 3. The van der Waals surface area contributed by atoms with E-state index < -0.39 is 0 Å². The number of benzene rings is 2. The number of hydrogen-bond donors (Lipinski definition) is 1. The van der Waals surface area contributed by atoms with Gasteiger partial charge < -0.3 is 5.32 Å². The molecule has 168 valence electrons. The zero-order chi connectivity index (χ0) is 22.9. The van der Waals surface area contributed by atoms with E-state index >= 15 is 0 Å². The molecule has 1 N–H and O–H groups in total. The molecule has 2 aromatic carbocycles. The van der Waals surface area contributed by atoms with Crippen LogP contribution in [0.2, 0.25) is 0 Å². The molecule has 1 fully saturated rings. The monoisotopic (exact) mass is 459 g/mol. The van der Waals surface area contributed by atoms with Crippen molar-refractivity contribution in [2.75, 3.05) is 11.9 Å². The molecule has 2 aliphatic rings. The van der Waals surface area contributed by atoms with Crippen LogP contribution in [-0.2, 0) is 4.79 Å². The van der Waals surface area contributed by atoms with Gasteiger partial charge in [0.1, 0.15) is 0 Å². The molecule has 2 unspecified atom stereocenters. The molecule has 33 heavy (non-hydrogen) atoms. The number of rotatable bonds is 5. The van der Waals surface area contributed by atoms with Crippen molar-refractivity contribution in [1.82, 2.24) is 9.88 Å². The molecule has 2 heterocycles. The van der Waals surface area contributed by atoms with Gasteiger partial charge in [-0.3, -0.25) is 19.3 Å². The zero-order valence-corrected chi connectivity index (χ0v) is 19.2. The summed E-state index contributed by atoms with van der Waals surface area (Å²) in [6, 6.07) is 14.6. The third kappa shape index (κ3) is 4.20. The van der Waals surface area contributed by atoms with Crippen LogP contribution >= 0.6 is 11.3 Å². The highest BCUT2D eigenvalue weighted by atomic mass is 32.1. The van der Waals surface area contributed by atoms with Crippen molar-refractivity contribution >= 4 is 34.7 Å². The average molecular weight is 460 g/mol. The molecular formula is C26H25N3O3S. The summed E-state index contributed by atoms with van der Waals surface area (Å²) in [7, 11) is 0. The summed E-state index contributed by atoms with van der Waals surface area (Å²) in [5.74, 6) is -0.836. The molecule has 0 saturated heterocycles. The Morgan fingerprint density at radius 3 is 2.33 bits per heavy atom. The Labute approximate surface area is 196 Å². The molecule has 1 aliphatic carbocycles. The minimum absolute atomic E-state index is 0.0433. The highest BCUT2D eigenvalue weighted by Crippen LogP contribution is 2.34. The fraction of sp³-hybridized carbons (Fsp3) is 0.308. The Morgan fingerprint density at radius 2 is 1.70 bits per heavy atom. The maximum Gasteiger partial charge on any atom is 0.261 e. The summed E-state index contributed by atoms with van der Waals surface area (Å²) in [6.45, 7) is 2.26. The first-order valence-electron chi connectivity index (χ1n) is 11.3. The van der Waals surface area contributed by atoms with Crippen LogP contribution in [0, 0.1) is 18.8 Å². The smallest absolute Gasteiger partial charge is 0.261 e. The number of nitrogens with zero attached hydrogens (tertiary/aromatic N) is 2. The Morgan fingerprint density at radius 1 is 1.03 bits per heavy atom. The summed E-state index contributed by atoms with van der Waals surface area (Å²) in [4.78, 5) is 44.6. The van der Waals surface area contributed by atoms with Crippen LogP contribution in [0.25, 0.3) is 11.3 Å². The number of hydrogen-bond acceptors (Lipinski definition) is 5. The lowest BCUT2D eigenvalue weighted by Gasteiger charge is -2.32. The van der Waals surface area contributed by atoms with Crippen LogP contribution in [0.15, 0.2) is 53.9 Å². The van der Waals surface area contributed by atoms with Gasteiger partial charge in [-0.15, -0.1) is 11.3 Å². The quantitative estimate of drug-likeness (QED) is 0.535. The molecule has 5 rings (SSSR count). The Bertz CT molecular complexity index is 1180. The molecular weight excluding hydrogens is 434 g/mol. The molecule has 2 atom stereocenters. The molecule has 6 nitrogen and oxygen atoms in total. The largest absolute Gasteiger partial charge is 0.326 e. The van der Waals surface area contributed by atoms with E-state index in [1.165, 1.54) is 4.90 Å². The van der Waals surface area contributed by atoms with Gasteiger partial charge in [-0.25, -0.2) is 4.98 Å². The van der Waals surface area contributed by atoms with Crippen molar-refractivity contribution in [3.8, 4) is 11.3 Å². The van der Waals surface area contributed by atoms with Crippen LogP contribution in [0.5, 0.6) is 0 Å². The lowest BCUT2D eigenvalue weighted by Crippen LogP contribution is -2.41. The van der Waals surface area contributed by atoms with Crippen molar-refractivity contribution in [3.63, 3.8) is 0 Å². The van der Waals surface area contributed by atoms with E-state index in [1.54, 1.807) is 35.6 Å². The van der Waals surface area contributed by atoms with E-state index in [1.807, 2.05) is 36.6 Å². The number of amides is 3. The minimum atomic E-state index is -0.256. The van der Waals surface area contributed by atoms with Gasteiger partial charge in [-0.05, 0) is 49.9 Å². The Kier molecular flexibility index (Phi) is 5.81. The number of fused-ring (bicyclic) bond motifs is 1. The summed E-state index contributed by atoms with van der Waals surface area (Å²) in [6.07, 6.45) is 3.56. The standard InChI is InChI=1S/C26H25N3O3S/c1-16-27-23(15-33-16)17-10-12-19(13-11-17)28-24(30)20-7-3-2-6-18(20)14-29-25(31)21-8-4-5-9-22(21)26(29)32/h4-5,8-13,15,18,20H,2-3,6-7,14H2,1H3,(H,28,30). The van der Waals surface area contributed by atoms with E-state index in [9.17, 15) is 14.4 Å². The molecule has 1 saturated carbocycles. The number of anilines is 1. The molecule has 0 radical (unpaired) electrons. The van der Waals surface area contributed by atoms with E-state index in [2.05, 4.69) is 10.3 Å². The maximum atomic E-state index is 13.2. The van der Waals surface area contributed by atoms with Crippen LogP contribution in [0.1, 0.15) is 51.4 Å². The molecule has 0 spiro atoms. The van der Waals surface area contributed by atoms with Crippen LogP contribution < -0.4 is 5.32 Å². The predicted molar refractivity (Wildman–Crippen MR) is 128 cm³/mol. The Balaban J connectivity index is 1.27. The van der Waals surface area contributed by atoms with Crippen molar-refractivity contribution in [3.05, 3.63) is 70.0 Å². The zero-order valence-electron chi connectivity index (χ0n) is 18.4. The molecule has 3 aromatic rings. The second kappa shape index (κ2) is 8.90. The predicted octanol–water partition coefficient (Wildman–Crippen LogP) is 5.16. The topological polar surface area (TPSA) is 79.4 Å². The van der Waals surface area contributed by atoms with Crippen molar-refractivity contribution in [2.45, 2.75) is 32.6 Å². The molecule has 7 heteroatoms. The number of aryl methyl sites for hydroxylation is 1. The van der Waals surface area contributed by atoms with Crippen LogP contribution in [-0.4, -0.2) is 34.2 Å². The fourth-order valence-electron chi connectivity index (χ4n) is 4.87. The van der Waals surface area contributed by atoms with E-state index in [4.69, 9.17) is 0 Å². The van der Waals surface area contributed by atoms with E-state index in [0.29, 0.717) is 11.1 Å². The summed E-state index contributed by atoms with van der Waals surface area (Å²) in [5, 5.41) is 6.08. The second-order valence-electron chi connectivity index (χ2n) is 8.74. The number of nitrogens with one attached hydrogen (secondary N) is 1. The lowest BCUT2D eigenvalue weighted by molar-refractivity contribution is -0.122. The van der Waals surface area contributed by atoms with Crippen LogP contribution in [0.4, 0.5) is 5.69 Å². The lowest BCUT2D eigenvalue weighted by atomic mass is 9.78. The molecule has 1 aliphatic heterocycles.